The van der Waals surface area contributed by atoms with E-state index >= 15 is 0 Å². The van der Waals surface area contributed by atoms with Crippen molar-refractivity contribution in [3.8, 4) is 0 Å². The molecule has 1 amide bonds. The van der Waals surface area contributed by atoms with Crippen molar-refractivity contribution in [1.29, 1.82) is 5.41 Å². The molecule has 1 heterocycles. The zero-order valence-electron chi connectivity index (χ0n) is 17.4. The number of rotatable bonds is 4. The van der Waals surface area contributed by atoms with Crippen LogP contribution in [0, 0.1) is 12.3 Å². The topological polar surface area (TPSA) is 145 Å². The van der Waals surface area contributed by atoms with Gasteiger partial charge in [-0.1, -0.05) is 24.3 Å². The highest BCUT2D eigenvalue weighted by molar-refractivity contribution is 7.89. The lowest BCUT2D eigenvalue weighted by atomic mass is 10.1. The van der Waals surface area contributed by atoms with Gasteiger partial charge in [0, 0.05) is 44.2 Å². The molecule has 1 aliphatic rings. The van der Waals surface area contributed by atoms with Crippen molar-refractivity contribution < 1.29 is 23.1 Å². The Bertz CT molecular complexity index is 1060. The number of piperazine rings is 1. The van der Waals surface area contributed by atoms with Gasteiger partial charge in [-0.3, -0.25) is 15.0 Å². The third kappa shape index (κ3) is 6.37. The summed E-state index contributed by atoms with van der Waals surface area (Å²) in [6, 6.07) is 13.4. The SMILES string of the molecule is CC(=O)O.Cc1cccc(S(=O)(=O)N2CCN(C(=O)c3ccc(C(=N)N)cc3)CC2)c1. The number of amides is 1. The molecule has 10 heteroatoms. The third-order valence-electron chi connectivity index (χ3n) is 4.60. The number of carboxylic acids is 1. The maximum atomic E-state index is 12.8. The first-order valence-electron chi connectivity index (χ1n) is 9.52. The van der Waals surface area contributed by atoms with Gasteiger partial charge < -0.3 is 15.7 Å². The maximum absolute atomic E-state index is 12.8. The number of aryl methyl sites for hydroxylation is 1. The minimum Gasteiger partial charge on any atom is -0.481 e. The van der Waals surface area contributed by atoms with E-state index < -0.39 is 16.0 Å². The third-order valence-corrected chi connectivity index (χ3v) is 6.49. The number of nitrogens with two attached hydrogens (primary N) is 1. The summed E-state index contributed by atoms with van der Waals surface area (Å²) >= 11 is 0. The van der Waals surface area contributed by atoms with Crippen molar-refractivity contribution in [3.05, 3.63) is 65.2 Å². The van der Waals surface area contributed by atoms with Gasteiger partial charge in [-0.2, -0.15) is 4.31 Å². The van der Waals surface area contributed by atoms with Gasteiger partial charge in [-0.15, -0.1) is 0 Å². The summed E-state index contributed by atoms with van der Waals surface area (Å²) in [4.78, 5) is 23.5. The molecule has 0 atom stereocenters. The molecule has 31 heavy (non-hydrogen) atoms. The quantitative estimate of drug-likeness (QED) is 0.480. The minimum atomic E-state index is -3.56. The summed E-state index contributed by atoms with van der Waals surface area (Å²) < 4.78 is 27.0. The summed E-state index contributed by atoms with van der Waals surface area (Å²) in [6.45, 7) is 4.12. The van der Waals surface area contributed by atoms with Crippen molar-refractivity contribution in [2.75, 3.05) is 26.2 Å². The Labute approximate surface area is 181 Å². The number of carboxylic acid groups (broad SMARTS) is 1. The first-order valence-corrected chi connectivity index (χ1v) is 11.0. The predicted molar refractivity (Wildman–Crippen MR) is 117 cm³/mol. The van der Waals surface area contributed by atoms with Crippen LogP contribution in [0.1, 0.15) is 28.4 Å². The predicted octanol–water partition coefficient (Wildman–Crippen LogP) is 1.52. The standard InChI is InChI=1S/C19H22N4O3S.C2H4O2/c1-14-3-2-4-17(13-14)27(25,26)23-11-9-22(10-12-23)19(24)16-7-5-15(6-8-16)18(20)21;1-2(3)4/h2-8,13H,9-12H2,1H3,(H3,20,21);1H3,(H,3,4). The van der Waals surface area contributed by atoms with E-state index in [2.05, 4.69) is 0 Å². The number of nitrogens with zero attached hydrogens (tertiary/aromatic N) is 2. The molecule has 0 spiro atoms. The van der Waals surface area contributed by atoms with E-state index in [1.165, 1.54) is 4.31 Å². The summed E-state index contributed by atoms with van der Waals surface area (Å²) in [7, 11) is -3.56. The zero-order chi connectivity index (χ0) is 23.2. The Morgan fingerprint density at radius 1 is 1.00 bits per heavy atom. The average Bonchev–Trinajstić information content (AvgIpc) is 2.73. The Kier molecular flexibility index (Phi) is 7.89. The minimum absolute atomic E-state index is 0.0519. The molecule has 1 fully saturated rings. The molecule has 4 N–H and O–H groups in total. The van der Waals surface area contributed by atoms with Gasteiger partial charge in [0.15, 0.2) is 0 Å². The fraction of sp³-hybridized carbons (Fsp3) is 0.286. The molecule has 0 radical (unpaired) electrons. The molecule has 0 saturated carbocycles. The van der Waals surface area contributed by atoms with Crippen molar-refractivity contribution >= 4 is 27.7 Å². The Hall–Kier alpha value is -3.24. The van der Waals surface area contributed by atoms with Crippen LogP contribution in [0.3, 0.4) is 0 Å². The molecule has 1 saturated heterocycles. The van der Waals surface area contributed by atoms with E-state index in [-0.39, 0.29) is 29.7 Å². The smallest absolute Gasteiger partial charge is 0.300 e. The molecule has 0 aromatic heterocycles. The highest BCUT2D eigenvalue weighted by Gasteiger charge is 2.30. The van der Waals surface area contributed by atoms with Gasteiger partial charge in [0.05, 0.1) is 4.90 Å². The Morgan fingerprint density at radius 3 is 2.00 bits per heavy atom. The molecular formula is C21H26N4O5S. The summed E-state index contributed by atoms with van der Waals surface area (Å²) in [5, 5.41) is 14.8. The number of sulfonamides is 1. The number of aliphatic carboxylic acids is 1. The average molecular weight is 447 g/mol. The van der Waals surface area contributed by atoms with Gasteiger partial charge in [0.25, 0.3) is 11.9 Å². The molecule has 2 aromatic carbocycles. The molecule has 1 aliphatic heterocycles. The van der Waals surface area contributed by atoms with Crippen LogP contribution in [0.15, 0.2) is 53.4 Å². The van der Waals surface area contributed by atoms with Crippen molar-refractivity contribution in [2.45, 2.75) is 18.7 Å². The molecule has 2 aromatic rings. The molecule has 166 valence electrons. The lowest BCUT2D eigenvalue weighted by Gasteiger charge is -2.34. The number of nitrogens with one attached hydrogen (secondary N) is 1. The second-order valence-corrected chi connectivity index (χ2v) is 8.96. The Morgan fingerprint density at radius 2 is 1.52 bits per heavy atom. The van der Waals surface area contributed by atoms with Crippen molar-refractivity contribution in [3.63, 3.8) is 0 Å². The summed E-state index contributed by atoms with van der Waals surface area (Å²) in [6.07, 6.45) is 0. The Balaban J connectivity index is 0.000000785. The zero-order valence-corrected chi connectivity index (χ0v) is 18.2. The summed E-state index contributed by atoms with van der Waals surface area (Å²) in [5.74, 6) is -1.04. The second-order valence-electron chi connectivity index (χ2n) is 7.02. The molecule has 0 aliphatic carbocycles. The van der Waals surface area contributed by atoms with Gasteiger partial charge in [-0.05, 0) is 36.8 Å². The van der Waals surface area contributed by atoms with Crippen LogP contribution < -0.4 is 5.73 Å². The fourth-order valence-electron chi connectivity index (χ4n) is 3.03. The number of carbonyl (C=O) groups is 2. The van der Waals surface area contributed by atoms with Gasteiger partial charge >= 0.3 is 0 Å². The van der Waals surface area contributed by atoms with E-state index in [1.807, 2.05) is 13.0 Å². The van der Waals surface area contributed by atoms with Gasteiger partial charge in [0.2, 0.25) is 10.0 Å². The molecule has 0 unspecified atom stereocenters. The van der Waals surface area contributed by atoms with Gasteiger partial charge in [-0.25, -0.2) is 8.42 Å². The van der Waals surface area contributed by atoms with Crippen LogP contribution in [-0.2, 0) is 14.8 Å². The lowest BCUT2D eigenvalue weighted by Crippen LogP contribution is -2.50. The van der Waals surface area contributed by atoms with E-state index in [0.29, 0.717) is 24.2 Å². The normalized spacial score (nSPS) is 14.3. The lowest BCUT2D eigenvalue weighted by molar-refractivity contribution is -0.134. The first kappa shape index (κ1) is 24.0. The second kappa shape index (κ2) is 10.2. The largest absolute Gasteiger partial charge is 0.481 e. The highest BCUT2D eigenvalue weighted by atomic mass is 32.2. The van der Waals surface area contributed by atoms with Gasteiger partial charge in [0.1, 0.15) is 5.84 Å². The van der Waals surface area contributed by atoms with Crippen LogP contribution in [0.5, 0.6) is 0 Å². The molecular weight excluding hydrogens is 420 g/mol. The number of amidine groups is 1. The van der Waals surface area contributed by atoms with E-state index in [9.17, 15) is 13.2 Å². The number of carbonyl (C=O) groups excluding carboxylic acids is 1. The van der Waals surface area contributed by atoms with E-state index in [0.717, 1.165) is 12.5 Å². The summed E-state index contributed by atoms with van der Waals surface area (Å²) in [5.41, 5.74) is 7.36. The van der Waals surface area contributed by atoms with E-state index in [1.54, 1.807) is 47.4 Å². The van der Waals surface area contributed by atoms with Crippen LogP contribution in [0.4, 0.5) is 0 Å². The molecule has 9 nitrogen and oxygen atoms in total. The highest BCUT2D eigenvalue weighted by Crippen LogP contribution is 2.19. The molecule has 0 bridgehead atoms. The van der Waals surface area contributed by atoms with Crippen LogP contribution in [0.2, 0.25) is 0 Å². The number of hydrogen-bond acceptors (Lipinski definition) is 5. The van der Waals surface area contributed by atoms with E-state index in [4.69, 9.17) is 21.0 Å². The monoisotopic (exact) mass is 446 g/mol. The fourth-order valence-corrected chi connectivity index (χ4v) is 4.56. The number of nitrogen functional groups attached to an aromatic ring is 1. The first-order chi connectivity index (χ1) is 14.5. The van der Waals surface area contributed by atoms with Crippen molar-refractivity contribution in [1.82, 2.24) is 9.21 Å². The van der Waals surface area contributed by atoms with Crippen molar-refractivity contribution in [2.24, 2.45) is 5.73 Å². The van der Waals surface area contributed by atoms with Crippen LogP contribution >= 0.6 is 0 Å². The number of benzene rings is 2. The number of hydrogen-bond donors (Lipinski definition) is 3. The molecule has 3 rings (SSSR count). The van der Waals surface area contributed by atoms with Crippen LogP contribution in [0.25, 0.3) is 0 Å². The van der Waals surface area contributed by atoms with Crippen LogP contribution in [-0.4, -0.2) is 66.6 Å². The maximum Gasteiger partial charge on any atom is 0.300 e.